The van der Waals surface area contributed by atoms with Crippen LogP contribution in [0.15, 0.2) is 72.8 Å². The molecular formula is C35H42O4. The molecule has 3 aromatic carbocycles. The summed E-state index contributed by atoms with van der Waals surface area (Å²) in [6, 6.07) is 21.6. The lowest BCUT2D eigenvalue weighted by Crippen LogP contribution is -2.36. The molecule has 0 radical (unpaired) electrons. The molecule has 0 aromatic heterocycles. The molecule has 0 saturated carbocycles. The van der Waals surface area contributed by atoms with Crippen LogP contribution in [-0.2, 0) is 9.53 Å². The molecule has 1 N–H and O–H groups in total. The zero-order valence-corrected chi connectivity index (χ0v) is 24.0. The van der Waals surface area contributed by atoms with Gasteiger partial charge in [0.1, 0.15) is 5.75 Å². The monoisotopic (exact) mass is 526 g/mol. The van der Waals surface area contributed by atoms with Crippen molar-refractivity contribution in [3.63, 3.8) is 0 Å². The fourth-order valence-corrected chi connectivity index (χ4v) is 5.98. The van der Waals surface area contributed by atoms with Crippen LogP contribution >= 0.6 is 0 Å². The lowest BCUT2D eigenvalue weighted by molar-refractivity contribution is -0.139. The Morgan fingerprint density at radius 2 is 1.69 bits per heavy atom. The molecule has 1 aliphatic rings. The number of carboxylic acid groups (broad SMARTS) is 1. The number of aryl methyl sites for hydroxylation is 2. The van der Waals surface area contributed by atoms with E-state index in [0.29, 0.717) is 5.75 Å². The van der Waals surface area contributed by atoms with Gasteiger partial charge in [-0.1, -0.05) is 92.6 Å². The normalized spacial score (nSPS) is 20.9. The van der Waals surface area contributed by atoms with E-state index in [2.05, 4.69) is 81.9 Å². The molecule has 1 heterocycles. The second-order valence-electron chi connectivity index (χ2n) is 11.1. The number of hydrogen-bond acceptors (Lipinski definition) is 3. The maximum Gasteiger partial charge on any atom is 0.341 e. The number of carboxylic acids is 1. The van der Waals surface area contributed by atoms with E-state index in [1.165, 1.54) is 16.7 Å². The standard InChI is InChI=1S/C35H42O4/c1-7-8-14-31-30(28-17-15-27(16-18-28)26-12-10-9-11-13-26)20-29(22(2)3)35(39-31)33-24(5)19-23(4)25(6)34(33)38-21-32(36)37/h9-13,15-19,29-31,35H,2,7-8,14,20-21H2,1,3-6H3,(H,36,37)/t29-,30-,31+,35+/m0/s1. The van der Waals surface area contributed by atoms with E-state index in [1.54, 1.807) is 0 Å². The molecular weight excluding hydrogens is 484 g/mol. The van der Waals surface area contributed by atoms with Crippen molar-refractivity contribution in [2.45, 2.75) is 78.4 Å². The molecule has 0 spiro atoms. The summed E-state index contributed by atoms with van der Waals surface area (Å²) in [7, 11) is 0. The average Bonchev–Trinajstić information content (AvgIpc) is 2.93. The third kappa shape index (κ3) is 6.45. The molecule has 3 aromatic rings. The fraction of sp³-hybridized carbons (Fsp3) is 0.400. The molecule has 0 amide bonds. The van der Waals surface area contributed by atoms with Crippen LogP contribution in [0.1, 0.15) is 79.4 Å². The van der Waals surface area contributed by atoms with E-state index in [0.717, 1.165) is 53.5 Å². The summed E-state index contributed by atoms with van der Waals surface area (Å²) in [5, 5.41) is 9.37. The molecule has 0 unspecified atom stereocenters. The van der Waals surface area contributed by atoms with Crippen molar-refractivity contribution in [1.82, 2.24) is 0 Å². The van der Waals surface area contributed by atoms with Gasteiger partial charge < -0.3 is 14.6 Å². The van der Waals surface area contributed by atoms with Crippen molar-refractivity contribution in [2.24, 2.45) is 5.92 Å². The first kappa shape index (κ1) is 28.6. The Labute approximate surface area is 233 Å². The van der Waals surface area contributed by atoms with Gasteiger partial charge in [-0.25, -0.2) is 4.79 Å². The van der Waals surface area contributed by atoms with Crippen molar-refractivity contribution >= 4 is 5.97 Å². The maximum absolute atomic E-state index is 11.4. The molecule has 4 atom stereocenters. The van der Waals surface area contributed by atoms with Crippen molar-refractivity contribution < 1.29 is 19.4 Å². The Morgan fingerprint density at radius 1 is 1.03 bits per heavy atom. The van der Waals surface area contributed by atoms with Gasteiger partial charge in [-0.3, -0.25) is 0 Å². The largest absolute Gasteiger partial charge is 0.481 e. The van der Waals surface area contributed by atoms with E-state index in [-0.39, 0.29) is 30.7 Å². The number of aliphatic carboxylic acids is 1. The van der Waals surface area contributed by atoms with Gasteiger partial charge in [0, 0.05) is 17.4 Å². The van der Waals surface area contributed by atoms with Gasteiger partial charge in [-0.15, -0.1) is 0 Å². The van der Waals surface area contributed by atoms with E-state index < -0.39 is 5.97 Å². The van der Waals surface area contributed by atoms with Gasteiger partial charge in [0.15, 0.2) is 6.61 Å². The van der Waals surface area contributed by atoms with Crippen LogP contribution in [0.5, 0.6) is 5.75 Å². The molecule has 206 valence electrons. The third-order valence-electron chi connectivity index (χ3n) is 8.22. The van der Waals surface area contributed by atoms with Gasteiger partial charge in [-0.05, 0) is 73.9 Å². The smallest absolute Gasteiger partial charge is 0.341 e. The van der Waals surface area contributed by atoms with Crippen molar-refractivity contribution in [3.8, 4) is 16.9 Å². The predicted octanol–water partition coefficient (Wildman–Crippen LogP) is 8.74. The average molecular weight is 527 g/mol. The number of benzene rings is 3. The van der Waals surface area contributed by atoms with Crippen LogP contribution in [0, 0.1) is 26.7 Å². The Hall–Kier alpha value is -3.37. The highest BCUT2D eigenvalue weighted by Crippen LogP contribution is 2.51. The van der Waals surface area contributed by atoms with Crippen molar-refractivity contribution in [2.75, 3.05) is 6.61 Å². The quantitative estimate of drug-likeness (QED) is 0.268. The molecule has 4 rings (SSSR count). The molecule has 39 heavy (non-hydrogen) atoms. The lowest BCUT2D eigenvalue weighted by Gasteiger charge is -2.44. The van der Waals surface area contributed by atoms with Gasteiger partial charge in [0.05, 0.1) is 12.2 Å². The highest BCUT2D eigenvalue weighted by atomic mass is 16.5. The SMILES string of the molecule is C=C(C)[C@@H]1C[C@@H](c2ccc(-c3ccccc3)cc2)[C@@H](CCCC)O[C@H]1c1c(C)cc(C)c(C)c1OCC(=O)O. The van der Waals surface area contributed by atoms with Gasteiger partial charge in [0.25, 0.3) is 0 Å². The minimum Gasteiger partial charge on any atom is -0.481 e. The summed E-state index contributed by atoms with van der Waals surface area (Å²) in [6.07, 6.45) is 3.87. The number of unbranched alkanes of at least 4 members (excludes halogenated alkanes) is 1. The highest BCUT2D eigenvalue weighted by Gasteiger charge is 2.41. The number of ether oxygens (including phenoxy) is 2. The molecule has 4 heteroatoms. The third-order valence-corrected chi connectivity index (χ3v) is 8.22. The minimum atomic E-state index is -0.986. The Morgan fingerprint density at radius 3 is 2.31 bits per heavy atom. The maximum atomic E-state index is 11.4. The minimum absolute atomic E-state index is 0.0430. The van der Waals surface area contributed by atoms with Crippen LogP contribution in [0.2, 0.25) is 0 Å². The van der Waals surface area contributed by atoms with Gasteiger partial charge >= 0.3 is 5.97 Å². The predicted molar refractivity (Wildman–Crippen MR) is 158 cm³/mol. The summed E-state index contributed by atoms with van der Waals surface area (Å²) < 4.78 is 13.0. The number of rotatable bonds is 10. The Kier molecular flexibility index (Phi) is 9.29. The number of carbonyl (C=O) groups is 1. The highest BCUT2D eigenvalue weighted by molar-refractivity contribution is 5.69. The molecule has 1 saturated heterocycles. The first-order chi connectivity index (χ1) is 18.7. The first-order valence-corrected chi connectivity index (χ1v) is 14.1. The summed E-state index contributed by atoms with van der Waals surface area (Å²) in [4.78, 5) is 11.4. The van der Waals surface area contributed by atoms with Crippen LogP contribution < -0.4 is 4.74 Å². The summed E-state index contributed by atoms with van der Waals surface area (Å²) >= 11 is 0. The van der Waals surface area contributed by atoms with Crippen LogP contribution in [0.3, 0.4) is 0 Å². The van der Waals surface area contributed by atoms with Crippen LogP contribution in [-0.4, -0.2) is 23.8 Å². The molecule has 0 aliphatic carbocycles. The molecule has 4 nitrogen and oxygen atoms in total. The Bertz CT molecular complexity index is 1290. The van der Waals surface area contributed by atoms with E-state index >= 15 is 0 Å². The van der Waals surface area contributed by atoms with Crippen LogP contribution in [0.25, 0.3) is 11.1 Å². The number of hydrogen-bond donors (Lipinski definition) is 1. The summed E-state index contributed by atoms with van der Waals surface area (Å²) in [6.45, 7) is 14.4. The second kappa shape index (κ2) is 12.7. The van der Waals surface area contributed by atoms with Crippen LogP contribution in [0.4, 0.5) is 0 Å². The Balaban J connectivity index is 1.73. The summed E-state index contributed by atoms with van der Waals surface area (Å²) in [5.41, 5.74) is 8.86. The molecule has 0 bridgehead atoms. The first-order valence-electron chi connectivity index (χ1n) is 14.1. The molecule has 1 fully saturated rings. The van der Waals surface area contributed by atoms with Gasteiger partial charge in [-0.2, -0.15) is 0 Å². The zero-order chi connectivity index (χ0) is 28.1. The second-order valence-corrected chi connectivity index (χ2v) is 11.1. The topological polar surface area (TPSA) is 55.8 Å². The van der Waals surface area contributed by atoms with E-state index in [1.807, 2.05) is 19.9 Å². The van der Waals surface area contributed by atoms with Gasteiger partial charge in [0.2, 0.25) is 0 Å². The van der Waals surface area contributed by atoms with Crippen molar-refractivity contribution in [1.29, 1.82) is 0 Å². The fourth-order valence-electron chi connectivity index (χ4n) is 5.98. The lowest BCUT2D eigenvalue weighted by atomic mass is 9.73. The zero-order valence-electron chi connectivity index (χ0n) is 24.0. The van der Waals surface area contributed by atoms with Crippen molar-refractivity contribution in [3.05, 3.63) is 101 Å². The summed E-state index contributed by atoms with van der Waals surface area (Å²) in [5.74, 6) is -0.0179. The van der Waals surface area contributed by atoms with E-state index in [4.69, 9.17) is 9.47 Å². The van der Waals surface area contributed by atoms with E-state index in [9.17, 15) is 9.90 Å². The molecule has 1 aliphatic heterocycles.